The molecule has 0 bridgehead atoms. The molecule has 1 aromatic heterocycles. The Morgan fingerprint density at radius 1 is 1.08 bits per heavy atom. The van der Waals surface area contributed by atoms with Gasteiger partial charge in [0.15, 0.2) is 0 Å². The molecular formula is C20H34N2O2. The SMILES string of the molecule is CCCCCCCCCC/C=C/c1cccc(C(O)C(N)CO)n1. The van der Waals surface area contributed by atoms with Gasteiger partial charge in [0.05, 0.1) is 24.0 Å². The fourth-order valence-corrected chi connectivity index (χ4v) is 2.65. The summed E-state index contributed by atoms with van der Waals surface area (Å²) in [5, 5.41) is 19.0. The van der Waals surface area contributed by atoms with Crippen LogP contribution in [0.1, 0.15) is 82.2 Å². The van der Waals surface area contributed by atoms with Crippen LogP contribution < -0.4 is 5.73 Å². The summed E-state index contributed by atoms with van der Waals surface area (Å²) in [7, 11) is 0. The number of hydrogen-bond donors (Lipinski definition) is 3. The molecule has 0 spiro atoms. The molecular weight excluding hydrogens is 300 g/mol. The fourth-order valence-electron chi connectivity index (χ4n) is 2.65. The van der Waals surface area contributed by atoms with Crippen molar-refractivity contribution in [1.82, 2.24) is 4.98 Å². The van der Waals surface area contributed by atoms with E-state index in [1.165, 1.54) is 51.4 Å². The lowest BCUT2D eigenvalue weighted by Gasteiger charge is -2.16. The van der Waals surface area contributed by atoms with Crippen LogP contribution in [0.3, 0.4) is 0 Å². The summed E-state index contributed by atoms with van der Waals surface area (Å²) in [5.41, 5.74) is 6.97. The van der Waals surface area contributed by atoms with Crippen molar-refractivity contribution in [2.24, 2.45) is 5.73 Å². The van der Waals surface area contributed by atoms with Gasteiger partial charge in [0.25, 0.3) is 0 Å². The van der Waals surface area contributed by atoms with Crippen molar-refractivity contribution >= 4 is 6.08 Å². The number of aromatic nitrogens is 1. The number of hydrogen-bond acceptors (Lipinski definition) is 4. The highest BCUT2D eigenvalue weighted by atomic mass is 16.3. The zero-order valence-corrected chi connectivity index (χ0v) is 15.0. The molecule has 0 aromatic carbocycles. The number of nitrogens with two attached hydrogens (primary N) is 1. The lowest BCUT2D eigenvalue weighted by atomic mass is 10.1. The minimum absolute atomic E-state index is 0.263. The van der Waals surface area contributed by atoms with Gasteiger partial charge in [0.2, 0.25) is 0 Å². The molecule has 0 aliphatic carbocycles. The van der Waals surface area contributed by atoms with E-state index in [1.807, 2.05) is 18.2 Å². The quantitative estimate of drug-likeness (QED) is 0.477. The first-order valence-electron chi connectivity index (χ1n) is 9.37. The largest absolute Gasteiger partial charge is 0.395 e. The molecule has 1 heterocycles. The van der Waals surface area contributed by atoms with Crippen LogP contribution in [-0.4, -0.2) is 27.8 Å². The summed E-state index contributed by atoms with van der Waals surface area (Å²) >= 11 is 0. The Morgan fingerprint density at radius 3 is 2.42 bits per heavy atom. The molecule has 0 radical (unpaired) electrons. The summed E-state index contributed by atoms with van der Waals surface area (Å²) in [6.45, 7) is 1.99. The standard InChI is InChI=1S/C20H34N2O2/c1-2-3-4-5-6-7-8-9-10-11-13-17-14-12-15-19(22-17)20(24)18(21)16-23/h11-15,18,20,23-24H,2-10,16,21H2,1H3/b13-11+. The van der Waals surface area contributed by atoms with Gasteiger partial charge in [-0.25, -0.2) is 0 Å². The summed E-state index contributed by atoms with van der Waals surface area (Å²) in [5.74, 6) is 0. The average molecular weight is 335 g/mol. The molecule has 1 aromatic rings. The number of rotatable bonds is 13. The van der Waals surface area contributed by atoms with Gasteiger partial charge in [-0.1, -0.05) is 64.0 Å². The maximum Gasteiger partial charge on any atom is 0.113 e. The first kappa shape index (κ1) is 20.8. The smallest absolute Gasteiger partial charge is 0.113 e. The lowest BCUT2D eigenvalue weighted by molar-refractivity contribution is 0.106. The number of unbranched alkanes of at least 4 members (excludes halogenated alkanes) is 8. The lowest BCUT2D eigenvalue weighted by Crippen LogP contribution is -2.32. The maximum atomic E-state index is 9.99. The van der Waals surface area contributed by atoms with Crippen LogP contribution in [0.25, 0.3) is 6.08 Å². The van der Waals surface area contributed by atoms with Crippen LogP contribution in [0.5, 0.6) is 0 Å². The Balaban J connectivity index is 2.25. The van der Waals surface area contributed by atoms with Crippen LogP contribution >= 0.6 is 0 Å². The molecule has 0 saturated carbocycles. The topological polar surface area (TPSA) is 79.4 Å². The molecule has 2 atom stereocenters. The fraction of sp³-hybridized carbons (Fsp3) is 0.650. The van der Waals surface area contributed by atoms with Gasteiger partial charge in [-0.15, -0.1) is 0 Å². The van der Waals surface area contributed by atoms with Gasteiger partial charge in [-0.2, -0.15) is 0 Å². The highest BCUT2D eigenvalue weighted by Crippen LogP contribution is 2.15. The van der Waals surface area contributed by atoms with Gasteiger partial charge >= 0.3 is 0 Å². The highest BCUT2D eigenvalue weighted by Gasteiger charge is 2.17. The predicted molar refractivity (Wildman–Crippen MR) is 101 cm³/mol. The number of aliphatic hydroxyl groups excluding tert-OH is 2. The van der Waals surface area contributed by atoms with E-state index in [0.717, 1.165) is 12.1 Å². The summed E-state index contributed by atoms with van der Waals surface area (Å²) in [6, 6.07) is 4.79. The van der Waals surface area contributed by atoms with Crippen LogP contribution in [0.2, 0.25) is 0 Å². The summed E-state index contributed by atoms with van der Waals surface area (Å²) in [4.78, 5) is 4.39. The molecule has 0 aliphatic rings. The van der Waals surface area contributed by atoms with E-state index in [0.29, 0.717) is 5.69 Å². The summed E-state index contributed by atoms with van der Waals surface area (Å²) < 4.78 is 0. The third-order valence-corrected chi connectivity index (χ3v) is 4.22. The Hall–Kier alpha value is -1.23. The van der Waals surface area contributed by atoms with E-state index in [2.05, 4.69) is 18.0 Å². The Morgan fingerprint density at radius 2 is 1.75 bits per heavy atom. The first-order valence-corrected chi connectivity index (χ1v) is 9.37. The second-order valence-electron chi connectivity index (χ2n) is 6.44. The van der Waals surface area contributed by atoms with Gasteiger partial charge in [0.1, 0.15) is 6.10 Å². The van der Waals surface area contributed by atoms with Crippen LogP contribution in [0.15, 0.2) is 24.3 Å². The monoisotopic (exact) mass is 334 g/mol. The van der Waals surface area contributed by atoms with Crippen molar-refractivity contribution < 1.29 is 10.2 Å². The zero-order valence-electron chi connectivity index (χ0n) is 15.0. The number of pyridine rings is 1. The molecule has 0 aliphatic heterocycles. The number of nitrogens with zero attached hydrogens (tertiary/aromatic N) is 1. The Bertz CT molecular complexity index is 463. The van der Waals surface area contributed by atoms with E-state index in [1.54, 1.807) is 6.07 Å². The van der Waals surface area contributed by atoms with Gasteiger partial charge in [-0.3, -0.25) is 4.98 Å². The van der Waals surface area contributed by atoms with Crippen molar-refractivity contribution in [3.05, 3.63) is 35.7 Å². The first-order chi connectivity index (χ1) is 11.7. The van der Waals surface area contributed by atoms with E-state index < -0.39 is 12.1 Å². The van der Waals surface area contributed by atoms with Crippen molar-refractivity contribution in [3.8, 4) is 0 Å². The molecule has 24 heavy (non-hydrogen) atoms. The molecule has 0 amide bonds. The summed E-state index contributed by atoms with van der Waals surface area (Å²) in [6.07, 6.45) is 14.9. The normalized spacial score (nSPS) is 14.2. The third kappa shape index (κ3) is 8.57. The second-order valence-corrected chi connectivity index (χ2v) is 6.44. The molecule has 4 N–H and O–H groups in total. The highest BCUT2D eigenvalue weighted by molar-refractivity contribution is 5.44. The number of aliphatic hydroxyl groups is 2. The average Bonchev–Trinajstić information content (AvgIpc) is 2.62. The Labute approximate surface area is 146 Å². The molecule has 0 saturated heterocycles. The van der Waals surface area contributed by atoms with Crippen LogP contribution in [0, 0.1) is 0 Å². The van der Waals surface area contributed by atoms with E-state index in [-0.39, 0.29) is 6.61 Å². The Kier molecular flexibility index (Phi) is 11.4. The van der Waals surface area contributed by atoms with Gasteiger partial charge in [-0.05, 0) is 31.1 Å². The minimum Gasteiger partial charge on any atom is -0.395 e. The van der Waals surface area contributed by atoms with E-state index in [4.69, 9.17) is 10.8 Å². The number of allylic oxidation sites excluding steroid dienone is 1. The van der Waals surface area contributed by atoms with Crippen LogP contribution in [-0.2, 0) is 0 Å². The van der Waals surface area contributed by atoms with E-state index >= 15 is 0 Å². The predicted octanol–water partition coefficient (Wildman–Crippen LogP) is 3.98. The zero-order chi connectivity index (χ0) is 17.6. The molecule has 2 unspecified atom stereocenters. The van der Waals surface area contributed by atoms with E-state index in [9.17, 15) is 5.11 Å². The molecule has 136 valence electrons. The van der Waals surface area contributed by atoms with Crippen molar-refractivity contribution in [3.63, 3.8) is 0 Å². The molecule has 1 rings (SSSR count). The molecule has 4 nitrogen and oxygen atoms in total. The van der Waals surface area contributed by atoms with Crippen molar-refractivity contribution in [2.45, 2.75) is 76.9 Å². The van der Waals surface area contributed by atoms with Crippen molar-refractivity contribution in [1.29, 1.82) is 0 Å². The molecule has 0 fully saturated rings. The van der Waals surface area contributed by atoms with Crippen LogP contribution in [0.4, 0.5) is 0 Å². The maximum absolute atomic E-state index is 9.99. The van der Waals surface area contributed by atoms with Gasteiger partial charge in [0, 0.05) is 0 Å². The second kappa shape index (κ2) is 13.1. The minimum atomic E-state index is -0.934. The van der Waals surface area contributed by atoms with Gasteiger partial charge < -0.3 is 15.9 Å². The third-order valence-electron chi connectivity index (χ3n) is 4.22. The van der Waals surface area contributed by atoms with Crippen molar-refractivity contribution in [2.75, 3.05) is 6.61 Å². The molecule has 4 heteroatoms.